The molecule has 0 unspecified atom stereocenters. The van der Waals surface area contributed by atoms with Crippen molar-refractivity contribution < 1.29 is 19.1 Å². The largest absolute Gasteiger partial charge is 0.454 e. The van der Waals surface area contributed by atoms with Crippen LogP contribution in [0.4, 0.5) is 11.4 Å². The lowest BCUT2D eigenvalue weighted by atomic mass is 10.1. The second-order valence-corrected chi connectivity index (χ2v) is 5.32. The average Bonchev–Trinajstić information content (AvgIpc) is 2.96. The van der Waals surface area contributed by atoms with Crippen LogP contribution in [0, 0.1) is 0 Å². The van der Waals surface area contributed by atoms with Crippen molar-refractivity contribution >= 4 is 34.8 Å². The third-order valence-corrected chi connectivity index (χ3v) is 3.41. The van der Waals surface area contributed by atoms with Gasteiger partial charge in [-0.15, -0.1) is 0 Å². The first-order valence-electron chi connectivity index (χ1n) is 6.81. The highest BCUT2D eigenvalue weighted by Crippen LogP contribution is 2.39. The highest BCUT2D eigenvalue weighted by Gasteiger charge is 2.20. The fourth-order valence-electron chi connectivity index (χ4n) is 2.18. The van der Waals surface area contributed by atoms with Crippen LogP contribution >= 0.6 is 11.6 Å². The number of benzene rings is 2. The van der Waals surface area contributed by atoms with Gasteiger partial charge < -0.3 is 20.1 Å². The predicted molar refractivity (Wildman–Crippen MR) is 86.3 cm³/mol. The van der Waals surface area contributed by atoms with Gasteiger partial charge in [0.2, 0.25) is 12.7 Å². The molecular weight excluding hydrogens is 320 g/mol. The minimum atomic E-state index is -0.342. The topological polar surface area (TPSA) is 76.7 Å². The van der Waals surface area contributed by atoms with Gasteiger partial charge in [0.15, 0.2) is 11.5 Å². The van der Waals surface area contributed by atoms with E-state index in [-0.39, 0.29) is 18.6 Å². The summed E-state index contributed by atoms with van der Waals surface area (Å²) in [6, 6.07) is 9.93. The molecule has 0 spiro atoms. The number of ether oxygens (including phenoxy) is 2. The molecule has 0 fully saturated rings. The Labute approximate surface area is 137 Å². The molecule has 1 aliphatic heterocycles. The molecule has 2 amide bonds. The van der Waals surface area contributed by atoms with E-state index in [1.54, 1.807) is 30.3 Å². The normalized spacial score (nSPS) is 11.9. The van der Waals surface area contributed by atoms with Crippen LogP contribution in [-0.2, 0) is 4.79 Å². The van der Waals surface area contributed by atoms with Crippen molar-refractivity contribution in [3.05, 3.63) is 47.0 Å². The quantitative estimate of drug-likeness (QED) is 0.904. The van der Waals surface area contributed by atoms with Crippen molar-refractivity contribution in [2.75, 3.05) is 17.4 Å². The molecule has 0 saturated heterocycles. The van der Waals surface area contributed by atoms with E-state index in [2.05, 4.69) is 10.6 Å². The summed E-state index contributed by atoms with van der Waals surface area (Å²) in [6.07, 6.45) is 0. The Morgan fingerprint density at radius 3 is 2.57 bits per heavy atom. The Balaban J connectivity index is 1.80. The standard InChI is InChI=1S/C16H13ClN2O4/c1-9(20)18-11-3-2-4-12(7-11)19-16(21)10-5-13(17)15-14(6-10)22-8-23-15/h2-7H,8H2,1H3,(H,18,20)(H,19,21). The van der Waals surface area contributed by atoms with Gasteiger partial charge in [-0.25, -0.2) is 0 Å². The van der Waals surface area contributed by atoms with Crippen LogP contribution < -0.4 is 20.1 Å². The maximum atomic E-state index is 12.3. The second-order valence-electron chi connectivity index (χ2n) is 4.91. The molecule has 0 radical (unpaired) electrons. The van der Waals surface area contributed by atoms with Crippen molar-refractivity contribution in [2.45, 2.75) is 6.92 Å². The zero-order valence-corrected chi connectivity index (χ0v) is 12.9. The van der Waals surface area contributed by atoms with Gasteiger partial charge in [-0.1, -0.05) is 17.7 Å². The van der Waals surface area contributed by atoms with Crippen LogP contribution in [0.3, 0.4) is 0 Å². The first kappa shape index (κ1) is 15.2. The zero-order valence-electron chi connectivity index (χ0n) is 12.2. The van der Waals surface area contributed by atoms with Gasteiger partial charge in [-0.05, 0) is 30.3 Å². The van der Waals surface area contributed by atoms with Gasteiger partial charge in [0.25, 0.3) is 5.91 Å². The minimum Gasteiger partial charge on any atom is -0.454 e. The number of nitrogens with one attached hydrogen (secondary N) is 2. The minimum absolute atomic E-state index is 0.0822. The van der Waals surface area contributed by atoms with Gasteiger partial charge in [0.05, 0.1) is 5.02 Å². The molecule has 23 heavy (non-hydrogen) atoms. The molecule has 0 aromatic heterocycles. The van der Waals surface area contributed by atoms with Gasteiger partial charge in [0.1, 0.15) is 0 Å². The number of anilines is 2. The van der Waals surface area contributed by atoms with Crippen LogP contribution in [0.1, 0.15) is 17.3 Å². The highest BCUT2D eigenvalue weighted by molar-refractivity contribution is 6.32. The number of halogens is 1. The van der Waals surface area contributed by atoms with E-state index >= 15 is 0 Å². The van der Waals surface area contributed by atoms with E-state index < -0.39 is 0 Å². The number of carbonyl (C=O) groups excluding carboxylic acids is 2. The third kappa shape index (κ3) is 3.37. The Morgan fingerprint density at radius 1 is 1.09 bits per heavy atom. The lowest BCUT2D eigenvalue weighted by Crippen LogP contribution is -2.12. The first-order chi connectivity index (χ1) is 11.0. The summed E-state index contributed by atoms with van der Waals surface area (Å²) in [7, 11) is 0. The van der Waals surface area contributed by atoms with Crippen LogP contribution in [0.2, 0.25) is 5.02 Å². The molecule has 118 valence electrons. The first-order valence-corrected chi connectivity index (χ1v) is 7.19. The monoisotopic (exact) mass is 332 g/mol. The molecular formula is C16H13ClN2O4. The lowest BCUT2D eigenvalue weighted by molar-refractivity contribution is -0.114. The number of rotatable bonds is 3. The summed E-state index contributed by atoms with van der Waals surface area (Å²) in [5.74, 6) is 0.353. The van der Waals surface area contributed by atoms with E-state index in [0.29, 0.717) is 33.5 Å². The maximum absolute atomic E-state index is 12.3. The van der Waals surface area contributed by atoms with Crippen molar-refractivity contribution in [2.24, 2.45) is 0 Å². The number of hydrogen-bond acceptors (Lipinski definition) is 4. The molecule has 1 heterocycles. The summed E-state index contributed by atoms with van der Waals surface area (Å²) in [5.41, 5.74) is 1.50. The summed E-state index contributed by atoms with van der Waals surface area (Å²) >= 11 is 6.07. The molecule has 2 aromatic carbocycles. The summed E-state index contributed by atoms with van der Waals surface area (Å²) in [5, 5.41) is 5.72. The number of amides is 2. The highest BCUT2D eigenvalue weighted by atomic mass is 35.5. The molecule has 2 aromatic rings. The van der Waals surface area contributed by atoms with Crippen LogP contribution in [0.5, 0.6) is 11.5 Å². The fraction of sp³-hybridized carbons (Fsp3) is 0.125. The molecule has 0 atom stereocenters. The van der Waals surface area contributed by atoms with E-state index in [1.165, 1.54) is 13.0 Å². The smallest absolute Gasteiger partial charge is 0.255 e. The molecule has 0 bridgehead atoms. The van der Waals surface area contributed by atoms with Gasteiger partial charge >= 0.3 is 0 Å². The van der Waals surface area contributed by atoms with Crippen molar-refractivity contribution in [1.82, 2.24) is 0 Å². The van der Waals surface area contributed by atoms with E-state index in [4.69, 9.17) is 21.1 Å². The SMILES string of the molecule is CC(=O)Nc1cccc(NC(=O)c2cc(Cl)c3c(c2)OCO3)c1. The fourth-order valence-corrected chi connectivity index (χ4v) is 2.44. The molecule has 3 rings (SSSR count). The molecule has 0 saturated carbocycles. The molecule has 1 aliphatic rings. The van der Waals surface area contributed by atoms with Crippen LogP contribution in [0.25, 0.3) is 0 Å². The molecule has 2 N–H and O–H groups in total. The Kier molecular flexibility index (Phi) is 4.08. The number of fused-ring (bicyclic) bond motifs is 1. The second kappa shape index (κ2) is 6.18. The Bertz CT molecular complexity index is 792. The number of hydrogen-bond donors (Lipinski definition) is 2. The molecule has 6 nitrogen and oxygen atoms in total. The van der Waals surface area contributed by atoms with Crippen molar-refractivity contribution in [3.63, 3.8) is 0 Å². The van der Waals surface area contributed by atoms with E-state index in [9.17, 15) is 9.59 Å². The molecule has 7 heteroatoms. The molecule has 0 aliphatic carbocycles. The van der Waals surface area contributed by atoms with Gasteiger partial charge in [-0.2, -0.15) is 0 Å². The summed E-state index contributed by atoms with van der Waals surface area (Å²) in [4.78, 5) is 23.4. The zero-order chi connectivity index (χ0) is 16.4. The lowest BCUT2D eigenvalue weighted by Gasteiger charge is -2.09. The van der Waals surface area contributed by atoms with Gasteiger partial charge in [-0.3, -0.25) is 9.59 Å². The third-order valence-electron chi connectivity index (χ3n) is 3.13. The summed E-state index contributed by atoms with van der Waals surface area (Å²) < 4.78 is 10.5. The van der Waals surface area contributed by atoms with Crippen LogP contribution in [0.15, 0.2) is 36.4 Å². The van der Waals surface area contributed by atoms with E-state index in [1.807, 2.05) is 0 Å². The number of carbonyl (C=O) groups is 2. The predicted octanol–water partition coefficient (Wildman–Crippen LogP) is 3.28. The van der Waals surface area contributed by atoms with Gasteiger partial charge in [0, 0.05) is 23.9 Å². The summed E-state index contributed by atoms with van der Waals surface area (Å²) in [6.45, 7) is 1.50. The average molecular weight is 333 g/mol. The maximum Gasteiger partial charge on any atom is 0.255 e. The van der Waals surface area contributed by atoms with E-state index in [0.717, 1.165) is 0 Å². The van der Waals surface area contributed by atoms with Crippen molar-refractivity contribution in [1.29, 1.82) is 0 Å². The Morgan fingerprint density at radius 2 is 1.83 bits per heavy atom. The Hall–Kier alpha value is -2.73. The van der Waals surface area contributed by atoms with Crippen LogP contribution in [-0.4, -0.2) is 18.6 Å². The van der Waals surface area contributed by atoms with Crippen molar-refractivity contribution in [3.8, 4) is 11.5 Å².